The highest BCUT2D eigenvalue weighted by atomic mass is 32.1. The summed E-state index contributed by atoms with van der Waals surface area (Å²) in [6, 6.07) is 14.5. The van der Waals surface area contributed by atoms with Gasteiger partial charge in [-0.2, -0.15) is 0 Å². The summed E-state index contributed by atoms with van der Waals surface area (Å²) in [4.78, 5) is 20.0. The van der Waals surface area contributed by atoms with Gasteiger partial charge in [-0.3, -0.25) is 4.79 Å². The number of carbonyl (C=O) groups excluding carboxylic acids is 1. The van der Waals surface area contributed by atoms with Gasteiger partial charge >= 0.3 is 0 Å². The molecule has 2 aromatic carbocycles. The number of hydrogen-bond donors (Lipinski definition) is 2. The highest BCUT2D eigenvalue weighted by Gasteiger charge is 2.25. The highest BCUT2D eigenvalue weighted by molar-refractivity contribution is 7.80. The van der Waals surface area contributed by atoms with E-state index in [1.807, 2.05) is 24.3 Å². The van der Waals surface area contributed by atoms with E-state index >= 15 is 0 Å². The first-order chi connectivity index (χ1) is 18.7. The Bertz CT molecular complexity index is 1250. The van der Waals surface area contributed by atoms with E-state index in [1.165, 1.54) is 11.3 Å². The molecule has 2 heterocycles. The maximum absolute atomic E-state index is 13.4. The van der Waals surface area contributed by atoms with Crippen LogP contribution in [0.15, 0.2) is 53.9 Å². The van der Waals surface area contributed by atoms with Gasteiger partial charge in [0.1, 0.15) is 5.69 Å². The molecule has 3 aromatic rings. The van der Waals surface area contributed by atoms with Crippen LogP contribution < -0.4 is 10.6 Å². The minimum Gasteiger partial charge on any atom is -0.385 e. The molecular weight excluding hydrogens is 538 g/mol. The molecule has 39 heavy (non-hydrogen) atoms. The molecule has 0 spiro atoms. The third-order valence-corrected chi connectivity index (χ3v) is 8.05. The lowest BCUT2D eigenvalue weighted by atomic mass is 9.98. The van der Waals surface area contributed by atoms with Crippen LogP contribution in [0.1, 0.15) is 53.2 Å². The molecule has 1 aliphatic rings. The zero-order valence-corrected chi connectivity index (χ0v) is 23.8. The fraction of sp³-hybridized carbons (Fsp3) is 0.414. The van der Waals surface area contributed by atoms with Crippen LogP contribution in [-0.4, -0.2) is 60.2 Å². The van der Waals surface area contributed by atoms with E-state index in [9.17, 15) is 13.6 Å². The number of nitrogens with zero attached hydrogens (tertiary/aromatic N) is 2. The number of hydrogen-bond acceptors (Lipinski definition) is 5. The first kappa shape index (κ1) is 29.0. The molecule has 0 aliphatic carbocycles. The van der Waals surface area contributed by atoms with E-state index in [1.54, 1.807) is 36.8 Å². The number of benzene rings is 2. The van der Waals surface area contributed by atoms with E-state index < -0.39 is 5.92 Å². The summed E-state index contributed by atoms with van der Waals surface area (Å²) in [5.74, 6) is -2.73. The van der Waals surface area contributed by atoms with Gasteiger partial charge in [-0.05, 0) is 55.6 Å². The van der Waals surface area contributed by atoms with Gasteiger partial charge in [0.05, 0.1) is 5.01 Å². The van der Waals surface area contributed by atoms with Gasteiger partial charge < -0.3 is 20.3 Å². The van der Waals surface area contributed by atoms with Crippen molar-refractivity contribution in [2.24, 2.45) is 0 Å². The average Bonchev–Trinajstić information content (AvgIpc) is 3.42. The van der Waals surface area contributed by atoms with Crippen LogP contribution >= 0.6 is 23.6 Å². The van der Waals surface area contributed by atoms with Crippen molar-refractivity contribution in [3.05, 3.63) is 70.2 Å². The maximum atomic E-state index is 13.4. The van der Waals surface area contributed by atoms with Crippen LogP contribution in [0.25, 0.3) is 11.1 Å². The Hall–Kier alpha value is -2.95. The number of likely N-dealkylation sites (tertiary alicyclic amines) is 1. The molecular formula is C29H34F2N4O2S2. The Balaban J connectivity index is 1.35. The summed E-state index contributed by atoms with van der Waals surface area (Å²) < 4.78 is 31.8. The summed E-state index contributed by atoms with van der Waals surface area (Å²) in [7, 11) is 1.69. The number of ether oxygens (including phenoxy) is 1. The van der Waals surface area contributed by atoms with Gasteiger partial charge in [0.2, 0.25) is 5.92 Å². The number of thiocarbonyl (C=S) groups is 1. The molecule has 2 N–H and O–H groups in total. The van der Waals surface area contributed by atoms with Crippen LogP contribution in [0.4, 0.5) is 14.5 Å². The summed E-state index contributed by atoms with van der Waals surface area (Å²) in [5.41, 5.74) is 3.25. The Morgan fingerprint density at radius 1 is 1.18 bits per heavy atom. The molecule has 1 aliphatic heterocycles. The number of carbonyl (C=O) groups is 1. The van der Waals surface area contributed by atoms with Crippen molar-refractivity contribution in [1.29, 1.82) is 0 Å². The minimum absolute atomic E-state index is 0.272. The summed E-state index contributed by atoms with van der Waals surface area (Å²) in [6.45, 7) is 4.12. The van der Waals surface area contributed by atoms with Crippen molar-refractivity contribution in [2.45, 2.75) is 44.4 Å². The predicted octanol–water partition coefficient (Wildman–Crippen LogP) is 6.35. The monoisotopic (exact) mass is 572 g/mol. The number of para-hydroxylation sites is 1. The maximum Gasteiger partial charge on any atom is 0.275 e. The minimum atomic E-state index is -2.76. The number of halogens is 2. The van der Waals surface area contributed by atoms with Crippen LogP contribution in [-0.2, 0) is 11.2 Å². The van der Waals surface area contributed by atoms with Gasteiger partial charge in [0.15, 0.2) is 5.11 Å². The molecule has 0 radical (unpaired) electrons. The Labute approximate surface area is 237 Å². The molecule has 0 unspecified atom stereocenters. The van der Waals surface area contributed by atoms with E-state index in [2.05, 4.69) is 20.5 Å². The third kappa shape index (κ3) is 8.27. The average molecular weight is 573 g/mol. The number of nitrogens with one attached hydrogen (secondary N) is 2. The van der Waals surface area contributed by atoms with E-state index in [0.29, 0.717) is 29.5 Å². The lowest BCUT2D eigenvalue weighted by Crippen LogP contribution is -2.44. The smallest absolute Gasteiger partial charge is 0.275 e. The molecule has 1 aromatic heterocycles. The highest BCUT2D eigenvalue weighted by Crippen LogP contribution is 2.32. The standard InChI is InChI=1S/C29H34F2N4O2S2/c1-29(30,31)18-20-8-10-21(11-9-20)23-6-3-4-7-24(23)33-26(36)25-19-39-27(34-25)22-12-15-35(16-13-22)28(38)32-14-5-17-37-2/h3-4,6-11,19,22H,5,12-18H2,1-2H3,(H,32,38)(H,33,36). The number of methoxy groups -OCH3 is 1. The van der Waals surface area contributed by atoms with Crippen LogP contribution in [0.3, 0.4) is 0 Å². The first-order valence-corrected chi connectivity index (χ1v) is 14.4. The molecule has 1 saturated heterocycles. The number of rotatable bonds is 10. The molecule has 0 atom stereocenters. The molecule has 10 heteroatoms. The number of amides is 1. The van der Waals surface area contributed by atoms with Gasteiger partial charge in [-0.1, -0.05) is 42.5 Å². The number of alkyl halides is 2. The lowest BCUT2D eigenvalue weighted by Gasteiger charge is -2.33. The topological polar surface area (TPSA) is 66.5 Å². The van der Waals surface area contributed by atoms with E-state index in [0.717, 1.165) is 67.1 Å². The van der Waals surface area contributed by atoms with Crippen molar-refractivity contribution in [3.8, 4) is 11.1 Å². The largest absolute Gasteiger partial charge is 0.385 e. The fourth-order valence-electron chi connectivity index (χ4n) is 4.62. The molecule has 1 amide bonds. The molecule has 6 nitrogen and oxygen atoms in total. The normalized spacial score (nSPS) is 14.3. The fourth-order valence-corrected chi connectivity index (χ4v) is 5.88. The molecule has 208 valence electrons. The number of aromatic nitrogens is 1. The summed E-state index contributed by atoms with van der Waals surface area (Å²) in [6.07, 6.45) is 2.46. The Kier molecular flexibility index (Phi) is 9.99. The van der Waals surface area contributed by atoms with Crippen molar-refractivity contribution in [1.82, 2.24) is 15.2 Å². The second-order valence-corrected chi connectivity index (χ2v) is 11.1. The zero-order chi connectivity index (χ0) is 27.8. The summed E-state index contributed by atoms with van der Waals surface area (Å²) >= 11 is 7.05. The number of anilines is 1. The van der Waals surface area contributed by atoms with Crippen LogP contribution in [0.5, 0.6) is 0 Å². The Morgan fingerprint density at radius 2 is 1.90 bits per heavy atom. The van der Waals surface area contributed by atoms with Gasteiger partial charge in [0.25, 0.3) is 5.91 Å². The number of piperidine rings is 1. The van der Waals surface area contributed by atoms with E-state index in [-0.39, 0.29) is 12.3 Å². The van der Waals surface area contributed by atoms with Crippen LogP contribution in [0, 0.1) is 0 Å². The quantitative estimate of drug-likeness (QED) is 0.218. The molecule has 0 saturated carbocycles. The van der Waals surface area contributed by atoms with Crippen molar-refractivity contribution < 1.29 is 18.3 Å². The van der Waals surface area contributed by atoms with Crippen molar-refractivity contribution in [3.63, 3.8) is 0 Å². The molecule has 4 rings (SSSR count). The van der Waals surface area contributed by atoms with Gasteiger partial charge in [0, 0.05) is 62.3 Å². The SMILES string of the molecule is COCCCNC(=S)N1CCC(c2nc(C(=O)Nc3ccccc3-c3ccc(CC(C)(F)F)cc3)cs2)CC1. The van der Waals surface area contributed by atoms with E-state index in [4.69, 9.17) is 17.0 Å². The third-order valence-electron chi connectivity index (χ3n) is 6.64. The second kappa shape index (κ2) is 13.4. The zero-order valence-electron chi connectivity index (χ0n) is 22.2. The van der Waals surface area contributed by atoms with Crippen molar-refractivity contribution >= 4 is 40.3 Å². The summed E-state index contributed by atoms with van der Waals surface area (Å²) in [5, 5.41) is 9.83. The van der Waals surface area contributed by atoms with Gasteiger partial charge in [-0.25, -0.2) is 13.8 Å². The lowest BCUT2D eigenvalue weighted by molar-refractivity contribution is 0.0226. The van der Waals surface area contributed by atoms with Crippen LogP contribution in [0.2, 0.25) is 0 Å². The first-order valence-electron chi connectivity index (χ1n) is 13.1. The van der Waals surface area contributed by atoms with Crippen molar-refractivity contribution in [2.75, 3.05) is 38.7 Å². The van der Waals surface area contributed by atoms with Gasteiger partial charge in [-0.15, -0.1) is 11.3 Å². The predicted molar refractivity (Wildman–Crippen MR) is 157 cm³/mol. The Morgan fingerprint density at radius 3 is 2.59 bits per heavy atom. The second-order valence-electron chi connectivity index (χ2n) is 9.85. The molecule has 0 bridgehead atoms. The molecule has 1 fully saturated rings. The number of thiazole rings is 1.